The van der Waals surface area contributed by atoms with E-state index in [9.17, 15) is 9.59 Å². The molecule has 2 aromatic carbocycles. The van der Waals surface area contributed by atoms with Gasteiger partial charge in [-0.05, 0) is 35.9 Å². The zero-order valence-electron chi connectivity index (χ0n) is 15.7. The molecule has 0 radical (unpaired) electrons. The van der Waals surface area contributed by atoms with Crippen LogP contribution >= 0.6 is 35.1 Å². The first-order valence-corrected chi connectivity index (χ1v) is 11.3. The molecule has 3 rings (SSSR count). The van der Waals surface area contributed by atoms with Gasteiger partial charge in [-0.25, -0.2) is 4.98 Å². The molecule has 1 aromatic heterocycles. The summed E-state index contributed by atoms with van der Waals surface area (Å²) in [6.07, 6.45) is 0. The Morgan fingerprint density at radius 3 is 2.40 bits per heavy atom. The topological polar surface area (TPSA) is 96.7 Å². The van der Waals surface area contributed by atoms with Crippen LogP contribution in [0.3, 0.4) is 0 Å². The first-order valence-electron chi connectivity index (χ1n) is 8.85. The van der Waals surface area contributed by atoms with Crippen LogP contribution in [0.5, 0.6) is 5.75 Å². The highest BCUT2D eigenvalue weighted by atomic mass is 35.5. The molecule has 0 saturated heterocycles. The van der Waals surface area contributed by atoms with Crippen LogP contribution in [0.15, 0.2) is 54.6 Å². The van der Waals surface area contributed by atoms with Crippen molar-refractivity contribution >= 4 is 58.0 Å². The molecule has 0 fully saturated rings. The number of aromatic nitrogens is 1. The summed E-state index contributed by atoms with van der Waals surface area (Å²) in [4.78, 5) is 26.4. The molecule has 9 heteroatoms. The second-order valence-electron chi connectivity index (χ2n) is 6.24. The average molecular weight is 464 g/mol. The van der Waals surface area contributed by atoms with Gasteiger partial charge in [0, 0.05) is 10.4 Å². The molecule has 0 aliphatic heterocycles. The maximum atomic E-state index is 10.9. The molecule has 156 valence electrons. The number of benzene rings is 2. The second kappa shape index (κ2) is 10.6. The number of aliphatic carboxylic acids is 2. The fraction of sp³-hybridized carbons (Fsp3) is 0.190. The highest BCUT2D eigenvalue weighted by Gasteiger charge is 2.17. The van der Waals surface area contributed by atoms with Gasteiger partial charge in [-0.15, -0.1) is 23.5 Å². The molecule has 1 heterocycles. The third kappa shape index (κ3) is 6.55. The lowest BCUT2D eigenvalue weighted by atomic mass is 10.2. The molecule has 0 aliphatic carbocycles. The monoisotopic (exact) mass is 463 g/mol. The van der Waals surface area contributed by atoms with Crippen molar-refractivity contribution < 1.29 is 24.5 Å². The highest BCUT2D eigenvalue weighted by molar-refractivity contribution is 8.16. The normalized spacial score (nSPS) is 11.0. The minimum Gasteiger partial charge on any atom is -0.487 e. The number of hydrogen-bond acceptors (Lipinski definition) is 6. The van der Waals surface area contributed by atoms with E-state index in [1.807, 2.05) is 30.3 Å². The van der Waals surface area contributed by atoms with Gasteiger partial charge in [-0.3, -0.25) is 9.59 Å². The first kappa shape index (κ1) is 22.3. The lowest BCUT2D eigenvalue weighted by Gasteiger charge is -2.16. The summed E-state index contributed by atoms with van der Waals surface area (Å²) in [5.41, 5.74) is 2.32. The van der Waals surface area contributed by atoms with E-state index < -0.39 is 11.9 Å². The molecule has 6 nitrogen and oxygen atoms in total. The minimum absolute atomic E-state index is 0.119. The number of pyridine rings is 1. The Morgan fingerprint density at radius 2 is 1.70 bits per heavy atom. The average Bonchev–Trinajstić information content (AvgIpc) is 2.71. The van der Waals surface area contributed by atoms with Gasteiger partial charge < -0.3 is 14.9 Å². The van der Waals surface area contributed by atoms with Crippen molar-refractivity contribution in [2.45, 2.75) is 11.2 Å². The molecule has 0 saturated carbocycles. The van der Waals surface area contributed by atoms with Crippen molar-refractivity contribution in [3.8, 4) is 5.75 Å². The number of carbonyl (C=O) groups is 2. The summed E-state index contributed by atoms with van der Waals surface area (Å²) in [6.45, 7) is 0.251. The van der Waals surface area contributed by atoms with Crippen molar-refractivity contribution in [3.05, 3.63) is 70.9 Å². The molecule has 0 aliphatic rings. The van der Waals surface area contributed by atoms with E-state index in [4.69, 9.17) is 26.6 Å². The number of hydrogen-bond donors (Lipinski definition) is 2. The van der Waals surface area contributed by atoms with Gasteiger partial charge in [0.15, 0.2) is 0 Å². The number of ether oxygens (including phenoxy) is 1. The Labute approximate surface area is 186 Å². The standard InChI is InChI=1S/C21H18ClNO5S2/c22-15-6-4-13-5-7-16(23-18(13)9-15)10-28-17-3-1-2-14(8-17)21(29-11-19(24)25)30-12-20(26)27/h1-9,21H,10-12H2,(H,24,25)(H,26,27). The molecular weight excluding hydrogens is 446 g/mol. The molecule has 2 N–H and O–H groups in total. The van der Waals surface area contributed by atoms with Crippen LogP contribution in [0.1, 0.15) is 15.8 Å². The van der Waals surface area contributed by atoms with Gasteiger partial charge >= 0.3 is 11.9 Å². The van der Waals surface area contributed by atoms with Crippen LogP contribution in [0, 0.1) is 0 Å². The molecule has 0 atom stereocenters. The summed E-state index contributed by atoms with van der Waals surface area (Å²) < 4.78 is 5.53. The number of carboxylic acids is 2. The highest BCUT2D eigenvalue weighted by Crippen LogP contribution is 2.40. The van der Waals surface area contributed by atoms with Crippen molar-refractivity contribution in [1.29, 1.82) is 0 Å². The second-order valence-corrected chi connectivity index (χ2v) is 9.16. The number of fused-ring (bicyclic) bond motifs is 1. The van der Waals surface area contributed by atoms with Gasteiger partial charge in [-0.1, -0.05) is 35.9 Å². The number of thioether (sulfide) groups is 2. The van der Waals surface area contributed by atoms with Crippen LogP contribution in [0.2, 0.25) is 5.02 Å². The number of rotatable bonds is 10. The van der Waals surface area contributed by atoms with Crippen LogP contribution in [-0.4, -0.2) is 38.6 Å². The fourth-order valence-corrected chi connectivity index (χ4v) is 4.88. The van der Waals surface area contributed by atoms with Crippen LogP contribution < -0.4 is 4.74 Å². The van der Waals surface area contributed by atoms with E-state index in [0.29, 0.717) is 10.8 Å². The summed E-state index contributed by atoms with van der Waals surface area (Å²) >= 11 is 8.37. The number of carboxylic acid groups (broad SMARTS) is 2. The summed E-state index contributed by atoms with van der Waals surface area (Å²) in [6, 6.07) is 16.6. The van der Waals surface area contributed by atoms with Gasteiger partial charge in [-0.2, -0.15) is 0 Å². The Kier molecular flexibility index (Phi) is 7.84. The Hall–Kier alpha value is -2.42. The zero-order chi connectivity index (χ0) is 21.5. The van der Waals surface area contributed by atoms with E-state index in [0.717, 1.165) is 22.2 Å². The minimum atomic E-state index is -0.948. The molecule has 0 amide bonds. The summed E-state index contributed by atoms with van der Waals surface area (Å²) in [5, 5.41) is 19.5. The molecule has 30 heavy (non-hydrogen) atoms. The van der Waals surface area contributed by atoms with Gasteiger partial charge in [0.05, 0.1) is 27.3 Å². The summed E-state index contributed by atoms with van der Waals surface area (Å²) in [5.74, 6) is -1.54. The Bertz CT molecular complexity index is 1040. The fourth-order valence-electron chi connectivity index (χ4n) is 2.66. The van der Waals surface area contributed by atoms with Crippen molar-refractivity contribution in [1.82, 2.24) is 4.98 Å². The molecular formula is C21H18ClNO5S2. The van der Waals surface area contributed by atoms with E-state index in [-0.39, 0.29) is 22.7 Å². The lowest BCUT2D eigenvalue weighted by molar-refractivity contribution is -0.134. The number of halogens is 1. The van der Waals surface area contributed by atoms with Crippen molar-refractivity contribution in [2.75, 3.05) is 11.5 Å². The van der Waals surface area contributed by atoms with Crippen molar-refractivity contribution in [3.63, 3.8) is 0 Å². The van der Waals surface area contributed by atoms with Crippen molar-refractivity contribution in [2.24, 2.45) is 0 Å². The molecule has 0 bridgehead atoms. The Morgan fingerprint density at radius 1 is 1.00 bits per heavy atom. The molecule has 0 unspecified atom stereocenters. The third-order valence-corrected chi connectivity index (χ3v) is 6.97. The Balaban J connectivity index is 1.71. The van der Waals surface area contributed by atoms with E-state index >= 15 is 0 Å². The third-order valence-electron chi connectivity index (χ3n) is 3.95. The number of nitrogens with zero attached hydrogens (tertiary/aromatic N) is 1. The van der Waals surface area contributed by atoms with E-state index in [1.165, 1.54) is 23.5 Å². The molecule has 3 aromatic rings. The maximum Gasteiger partial charge on any atom is 0.313 e. The van der Waals surface area contributed by atoms with Crippen LogP contribution in [0.4, 0.5) is 0 Å². The predicted molar refractivity (Wildman–Crippen MR) is 120 cm³/mol. The van der Waals surface area contributed by atoms with Gasteiger partial charge in [0.25, 0.3) is 0 Å². The predicted octanol–water partition coefficient (Wildman–Crippen LogP) is 5.10. The zero-order valence-corrected chi connectivity index (χ0v) is 18.0. The van der Waals surface area contributed by atoms with Gasteiger partial charge in [0.1, 0.15) is 12.4 Å². The quantitative estimate of drug-likeness (QED) is 0.401. The van der Waals surface area contributed by atoms with E-state index in [1.54, 1.807) is 24.3 Å². The van der Waals surface area contributed by atoms with E-state index in [2.05, 4.69) is 4.98 Å². The smallest absolute Gasteiger partial charge is 0.313 e. The largest absolute Gasteiger partial charge is 0.487 e. The first-order chi connectivity index (χ1) is 14.4. The lowest BCUT2D eigenvalue weighted by Crippen LogP contribution is -2.05. The van der Waals surface area contributed by atoms with Gasteiger partial charge in [0.2, 0.25) is 0 Å². The van der Waals surface area contributed by atoms with Crippen LogP contribution in [-0.2, 0) is 16.2 Å². The molecule has 0 spiro atoms. The SMILES string of the molecule is O=C(O)CSC(SCC(=O)O)c1cccc(OCc2ccc3ccc(Cl)cc3n2)c1. The maximum absolute atomic E-state index is 10.9. The summed E-state index contributed by atoms with van der Waals surface area (Å²) in [7, 11) is 0. The van der Waals surface area contributed by atoms with Crippen LogP contribution in [0.25, 0.3) is 10.9 Å².